The average molecular weight is 372 g/mol. The first kappa shape index (κ1) is 17.9. The van der Waals surface area contributed by atoms with Gasteiger partial charge in [-0.15, -0.1) is 0 Å². The summed E-state index contributed by atoms with van der Waals surface area (Å²) in [5.41, 5.74) is 2.54. The van der Waals surface area contributed by atoms with E-state index in [1.54, 1.807) is 19.2 Å². The lowest BCUT2D eigenvalue weighted by molar-refractivity contribution is -0.113. The smallest absolute Gasteiger partial charge is 0.160 e. The number of carbonyl (C=O) groups is 1. The normalized spacial score (nSPS) is 15.6. The molecule has 1 N–H and O–H groups in total. The minimum Gasteiger partial charge on any atom is -0.507 e. The maximum Gasteiger partial charge on any atom is 0.160 e. The number of hydrogen-bond donors (Lipinski definition) is 1. The maximum absolute atomic E-state index is 12.7. The summed E-state index contributed by atoms with van der Waals surface area (Å²) in [5, 5.41) is 11.1. The van der Waals surface area contributed by atoms with E-state index in [0.29, 0.717) is 28.4 Å². The van der Waals surface area contributed by atoms with Gasteiger partial charge in [-0.05, 0) is 31.2 Å². The summed E-state index contributed by atoms with van der Waals surface area (Å²) in [6, 6.07) is 22.2. The number of fused-ring (bicyclic) bond motifs is 2. The summed E-state index contributed by atoms with van der Waals surface area (Å²) in [7, 11) is 1.59. The van der Waals surface area contributed by atoms with Gasteiger partial charge in [0.1, 0.15) is 23.0 Å². The van der Waals surface area contributed by atoms with Gasteiger partial charge in [0.05, 0.1) is 7.11 Å². The molecule has 0 radical (unpaired) electrons. The molecule has 0 fully saturated rings. The van der Waals surface area contributed by atoms with Crippen LogP contribution in [0.3, 0.4) is 0 Å². The molecule has 28 heavy (non-hydrogen) atoms. The first-order chi connectivity index (χ1) is 13.6. The third-order valence-electron chi connectivity index (χ3n) is 4.95. The van der Waals surface area contributed by atoms with Crippen LogP contribution in [0, 0.1) is 0 Å². The predicted molar refractivity (Wildman–Crippen MR) is 108 cm³/mol. The van der Waals surface area contributed by atoms with Crippen LogP contribution in [0.1, 0.15) is 29.5 Å². The fourth-order valence-electron chi connectivity index (χ4n) is 3.64. The number of rotatable bonds is 4. The van der Waals surface area contributed by atoms with E-state index in [1.165, 1.54) is 6.92 Å². The van der Waals surface area contributed by atoms with Crippen LogP contribution in [-0.2, 0) is 4.79 Å². The van der Waals surface area contributed by atoms with Crippen LogP contribution < -0.4 is 9.47 Å². The van der Waals surface area contributed by atoms with E-state index in [9.17, 15) is 9.90 Å². The van der Waals surface area contributed by atoms with Crippen molar-refractivity contribution in [2.24, 2.45) is 0 Å². The van der Waals surface area contributed by atoms with Crippen molar-refractivity contribution in [2.75, 3.05) is 7.11 Å². The third-order valence-corrected chi connectivity index (χ3v) is 4.95. The van der Waals surface area contributed by atoms with Crippen molar-refractivity contribution in [2.45, 2.75) is 12.8 Å². The number of aliphatic hydroxyl groups is 1. The van der Waals surface area contributed by atoms with Gasteiger partial charge < -0.3 is 14.6 Å². The lowest BCUT2D eigenvalue weighted by Gasteiger charge is -2.30. The molecule has 4 rings (SSSR count). The van der Waals surface area contributed by atoms with E-state index in [4.69, 9.17) is 9.47 Å². The molecule has 4 heteroatoms. The molecule has 0 aromatic heterocycles. The van der Waals surface area contributed by atoms with E-state index in [2.05, 4.69) is 0 Å². The second-order valence-electron chi connectivity index (χ2n) is 6.66. The van der Waals surface area contributed by atoms with Gasteiger partial charge in [0, 0.05) is 28.2 Å². The molecule has 3 aromatic rings. The van der Waals surface area contributed by atoms with Crippen molar-refractivity contribution in [1.82, 2.24) is 0 Å². The van der Waals surface area contributed by atoms with Crippen LogP contribution in [0.25, 0.3) is 5.76 Å². The van der Waals surface area contributed by atoms with Gasteiger partial charge >= 0.3 is 0 Å². The molecule has 1 heterocycles. The van der Waals surface area contributed by atoms with E-state index in [0.717, 1.165) is 11.1 Å². The van der Waals surface area contributed by atoms with Gasteiger partial charge in [0.2, 0.25) is 0 Å². The van der Waals surface area contributed by atoms with E-state index in [1.807, 2.05) is 60.7 Å². The molecular formula is C24H20O4. The molecule has 1 aliphatic heterocycles. The second-order valence-corrected chi connectivity index (χ2v) is 6.66. The van der Waals surface area contributed by atoms with Crippen molar-refractivity contribution in [3.8, 4) is 17.2 Å². The number of carbonyl (C=O) groups excluding carboxylic acids is 1. The zero-order chi connectivity index (χ0) is 19.7. The van der Waals surface area contributed by atoms with E-state index in [-0.39, 0.29) is 11.5 Å². The van der Waals surface area contributed by atoms with Gasteiger partial charge in [-0.3, -0.25) is 4.79 Å². The minimum absolute atomic E-state index is 0.0245. The molecular weight excluding hydrogens is 352 g/mol. The minimum atomic E-state index is -0.465. The molecule has 3 aromatic carbocycles. The Kier molecular flexibility index (Phi) is 4.62. The van der Waals surface area contributed by atoms with Crippen LogP contribution in [0.2, 0.25) is 0 Å². The molecule has 0 spiro atoms. The molecule has 0 aliphatic carbocycles. The number of benzene rings is 3. The first-order valence-corrected chi connectivity index (χ1v) is 9.04. The van der Waals surface area contributed by atoms with Crippen molar-refractivity contribution in [3.05, 3.63) is 95.1 Å². The highest BCUT2D eigenvalue weighted by Gasteiger charge is 2.34. The summed E-state index contributed by atoms with van der Waals surface area (Å²) >= 11 is 0. The number of ketones is 1. The molecule has 0 amide bonds. The Hall–Kier alpha value is -3.53. The van der Waals surface area contributed by atoms with Crippen molar-refractivity contribution in [3.63, 3.8) is 0 Å². The SMILES string of the molecule is COc1ccc2c(c1)[C@@H](C(C(C)=O)=C(O)c1ccccc1)c1ccccc1O2. The quantitative estimate of drug-likeness (QED) is 0.486. The highest BCUT2D eigenvalue weighted by atomic mass is 16.5. The number of para-hydroxylation sites is 1. The molecule has 140 valence electrons. The summed E-state index contributed by atoms with van der Waals surface area (Å²) in [5.74, 6) is 1.29. The summed E-state index contributed by atoms with van der Waals surface area (Å²) in [6.07, 6.45) is 0. The maximum atomic E-state index is 12.7. The Bertz CT molecular complexity index is 1070. The lowest BCUT2D eigenvalue weighted by Crippen LogP contribution is -2.18. The van der Waals surface area contributed by atoms with Gasteiger partial charge in [0.25, 0.3) is 0 Å². The molecule has 1 aliphatic rings. The van der Waals surface area contributed by atoms with Crippen LogP contribution in [0.5, 0.6) is 17.2 Å². The standard InChI is InChI=1S/C24H20O4/c1-15(25)22(24(26)16-8-4-3-5-9-16)23-18-10-6-7-11-20(18)28-21-13-12-17(27-2)14-19(21)23/h3-14,23,26H,1-2H3/t23-/m0/s1. The predicted octanol–water partition coefficient (Wildman–Crippen LogP) is 5.49. The third kappa shape index (κ3) is 3.03. The summed E-state index contributed by atoms with van der Waals surface area (Å²) < 4.78 is 11.4. The number of ether oxygens (including phenoxy) is 2. The van der Waals surface area contributed by atoms with Gasteiger partial charge in [-0.1, -0.05) is 48.5 Å². The number of methoxy groups -OCH3 is 1. The molecule has 0 bridgehead atoms. The van der Waals surface area contributed by atoms with E-state index < -0.39 is 5.92 Å². The Balaban J connectivity index is 2.00. The zero-order valence-corrected chi connectivity index (χ0v) is 15.7. The van der Waals surface area contributed by atoms with Crippen molar-refractivity contribution >= 4 is 11.5 Å². The highest BCUT2D eigenvalue weighted by molar-refractivity contribution is 6.02. The fourth-order valence-corrected chi connectivity index (χ4v) is 3.64. The molecule has 4 nitrogen and oxygen atoms in total. The Morgan fingerprint density at radius 1 is 0.929 bits per heavy atom. The van der Waals surface area contributed by atoms with Crippen LogP contribution >= 0.6 is 0 Å². The zero-order valence-electron chi connectivity index (χ0n) is 15.7. The van der Waals surface area contributed by atoms with Crippen LogP contribution in [0.15, 0.2) is 78.4 Å². The van der Waals surface area contributed by atoms with Crippen LogP contribution in [-0.4, -0.2) is 18.0 Å². The number of allylic oxidation sites excluding steroid dienone is 1. The average Bonchev–Trinajstić information content (AvgIpc) is 2.73. The van der Waals surface area contributed by atoms with Gasteiger partial charge in [-0.2, -0.15) is 0 Å². The Morgan fingerprint density at radius 2 is 1.61 bits per heavy atom. The number of hydrogen-bond acceptors (Lipinski definition) is 4. The lowest BCUT2D eigenvalue weighted by atomic mass is 9.79. The Morgan fingerprint density at radius 3 is 2.32 bits per heavy atom. The number of Topliss-reactive ketones (excluding diaryl/α,β-unsaturated/α-hetero) is 1. The van der Waals surface area contributed by atoms with Gasteiger partial charge in [0.15, 0.2) is 5.78 Å². The Labute approximate surface area is 163 Å². The largest absolute Gasteiger partial charge is 0.507 e. The number of aliphatic hydroxyl groups excluding tert-OH is 1. The molecule has 1 atom stereocenters. The molecule has 0 saturated carbocycles. The van der Waals surface area contributed by atoms with E-state index >= 15 is 0 Å². The second kappa shape index (κ2) is 7.24. The van der Waals surface area contributed by atoms with Gasteiger partial charge in [-0.25, -0.2) is 0 Å². The molecule has 0 saturated heterocycles. The summed E-state index contributed by atoms with van der Waals surface area (Å²) in [4.78, 5) is 12.7. The van der Waals surface area contributed by atoms with Crippen molar-refractivity contribution < 1.29 is 19.4 Å². The summed E-state index contributed by atoms with van der Waals surface area (Å²) in [6.45, 7) is 1.48. The van der Waals surface area contributed by atoms with Crippen LogP contribution in [0.4, 0.5) is 0 Å². The first-order valence-electron chi connectivity index (χ1n) is 9.04. The fraction of sp³-hybridized carbons (Fsp3) is 0.125. The highest BCUT2D eigenvalue weighted by Crippen LogP contribution is 2.49. The monoisotopic (exact) mass is 372 g/mol. The molecule has 0 unspecified atom stereocenters. The van der Waals surface area contributed by atoms with Crippen molar-refractivity contribution in [1.29, 1.82) is 0 Å². The topological polar surface area (TPSA) is 55.8 Å².